The average Bonchev–Trinajstić information content (AvgIpc) is 2.62. The monoisotopic (exact) mass is 198 g/mol. The van der Waals surface area contributed by atoms with Gasteiger partial charge in [0.25, 0.3) is 12.0 Å². The van der Waals surface area contributed by atoms with E-state index in [1.165, 1.54) is 0 Å². The van der Waals surface area contributed by atoms with E-state index in [4.69, 9.17) is 9.47 Å². The fourth-order valence-electron chi connectivity index (χ4n) is 1.38. The molecule has 78 valence electrons. The summed E-state index contributed by atoms with van der Waals surface area (Å²) in [6.45, 7) is 5.04. The summed E-state index contributed by atoms with van der Waals surface area (Å²) in [4.78, 5) is 8.45. The van der Waals surface area contributed by atoms with Gasteiger partial charge >= 0.3 is 0 Å². The lowest BCUT2D eigenvalue weighted by molar-refractivity contribution is 0.301. The first-order valence-corrected chi connectivity index (χ1v) is 4.77. The minimum absolute atomic E-state index is 0.0156. The van der Waals surface area contributed by atoms with Crippen molar-refractivity contribution in [2.24, 2.45) is 9.98 Å². The molecule has 0 aromatic heterocycles. The quantitative estimate of drug-likeness (QED) is 0.635. The summed E-state index contributed by atoms with van der Waals surface area (Å²) in [5.41, 5.74) is 0. The van der Waals surface area contributed by atoms with Crippen LogP contribution in [0, 0.1) is 0 Å². The largest absolute Gasteiger partial charge is 0.466 e. The second-order valence-corrected chi connectivity index (χ2v) is 2.91. The number of fused-ring (bicyclic) bond motifs is 1. The molecule has 0 aromatic rings. The molecule has 2 aliphatic heterocycles. The van der Waals surface area contributed by atoms with Gasteiger partial charge in [-0.3, -0.25) is 0 Å². The molecule has 0 spiro atoms. The minimum atomic E-state index is -0.155. The smallest absolute Gasteiger partial charge is 0.288 e. The third kappa shape index (κ3) is 1.59. The predicted octanol–water partition coefficient (Wildman–Crippen LogP) is -0.370. The first-order chi connectivity index (χ1) is 6.83. The van der Waals surface area contributed by atoms with Crippen molar-refractivity contribution in [2.45, 2.75) is 26.2 Å². The maximum atomic E-state index is 5.22. The summed E-state index contributed by atoms with van der Waals surface area (Å²) < 4.78 is 10.4. The zero-order valence-electron chi connectivity index (χ0n) is 8.28. The zero-order chi connectivity index (χ0) is 9.97. The number of nitrogens with zero attached hydrogens (tertiary/aromatic N) is 2. The summed E-state index contributed by atoms with van der Waals surface area (Å²) >= 11 is 0. The van der Waals surface area contributed by atoms with Gasteiger partial charge in [0.15, 0.2) is 6.17 Å². The Morgan fingerprint density at radius 1 is 1.07 bits per heavy atom. The Morgan fingerprint density at radius 3 is 1.93 bits per heavy atom. The van der Waals surface area contributed by atoms with Crippen molar-refractivity contribution >= 4 is 12.0 Å². The van der Waals surface area contributed by atoms with Crippen molar-refractivity contribution in [2.75, 3.05) is 13.2 Å². The van der Waals surface area contributed by atoms with Crippen molar-refractivity contribution in [3.63, 3.8) is 0 Å². The van der Waals surface area contributed by atoms with Gasteiger partial charge in [0.2, 0.25) is 0 Å². The second-order valence-electron chi connectivity index (χ2n) is 2.91. The van der Waals surface area contributed by atoms with Crippen LogP contribution in [0.3, 0.4) is 0 Å². The van der Waals surface area contributed by atoms with Crippen LogP contribution in [-0.2, 0) is 9.47 Å². The summed E-state index contributed by atoms with van der Waals surface area (Å²) in [5, 5.41) is 6.13. The van der Waals surface area contributed by atoms with Gasteiger partial charge < -0.3 is 20.1 Å². The van der Waals surface area contributed by atoms with E-state index >= 15 is 0 Å². The number of aliphatic imine (C=N–C) groups is 2. The third-order valence-electron chi connectivity index (χ3n) is 1.92. The molecule has 2 aliphatic rings. The molecule has 2 heterocycles. The van der Waals surface area contributed by atoms with Crippen molar-refractivity contribution in [3.8, 4) is 0 Å². The van der Waals surface area contributed by atoms with E-state index in [9.17, 15) is 0 Å². The molecule has 0 unspecified atom stereocenters. The lowest BCUT2D eigenvalue weighted by Gasteiger charge is -2.11. The van der Waals surface area contributed by atoms with Gasteiger partial charge in [-0.1, -0.05) is 0 Å². The van der Waals surface area contributed by atoms with Crippen LogP contribution in [0.1, 0.15) is 13.8 Å². The lowest BCUT2D eigenvalue weighted by atomic mass is 10.4. The number of rotatable bonds is 2. The molecule has 0 aromatic carbocycles. The molecule has 6 nitrogen and oxygen atoms in total. The molecule has 0 saturated heterocycles. The van der Waals surface area contributed by atoms with E-state index in [0.717, 1.165) is 0 Å². The summed E-state index contributed by atoms with van der Waals surface area (Å²) in [5.74, 6) is 0. The molecule has 2 rings (SSSR count). The highest BCUT2D eigenvalue weighted by Crippen LogP contribution is 2.13. The highest BCUT2D eigenvalue weighted by molar-refractivity contribution is 5.82. The molecule has 0 radical (unpaired) electrons. The van der Waals surface area contributed by atoms with Gasteiger partial charge in [-0.25, -0.2) is 9.98 Å². The van der Waals surface area contributed by atoms with Crippen LogP contribution >= 0.6 is 0 Å². The van der Waals surface area contributed by atoms with E-state index in [2.05, 4.69) is 20.6 Å². The Balaban J connectivity index is 1.96. The van der Waals surface area contributed by atoms with Gasteiger partial charge in [0.1, 0.15) is 6.17 Å². The van der Waals surface area contributed by atoms with Crippen LogP contribution in [0.5, 0.6) is 0 Å². The fraction of sp³-hybridized carbons (Fsp3) is 0.750. The maximum absolute atomic E-state index is 5.22. The van der Waals surface area contributed by atoms with Crippen molar-refractivity contribution in [3.05, 3.63) is 0 Å². The molecule has 0 aliphatic carbocycles. The van der Waals surface area contributed by atoms with Gasteiger partial charge in [0.05, 0.1) is 13.2 Å². The Kier molecular flexibility index (Phi) is 2.43. The molecule has 6 heteroatoms. The lowest BCUT2D eigenvalue weighted by Crippen LogP contribution is -2.44. The maximum Gasteiger partial charge on any atom is 0.288 e. The third-order valence-corrected chi connectivity index (χ3v) is 1.92. The number of hydrogen-bond donors (Lipinski definition) is 2. The van der Waals surface area contributed by atoms with Crippen molar-refractivity contribution in [1.29, 1.82) is 0 Å². The summed E-state index contributed by atoms with van der Waals surface area (Å²) in [6.07, 6.45) is -0.170. The van der Waals surface area contributed by atoms with Crippen molar-refractivity contribution in [1.82, 2.24) is 10.6 Å². The highest BCUT2D eigenvalue weighted by Gasteiger charge is 2.35. The van der Waals surface area contributed by atoms with Crippen LogP contribution < -0.4 is 10.6 Å². The van der Waals surface area contributed by atoms with Gasteiger partial charge in [-0.05, 0) is 13.8 Å². The minimum Gasteiger partial charge on any atom is -0.466 e. The van der Waals surface area contributed by atoms with Crippen LogP contribution in [0.15, 0.2) is 9.98 Å². The van der Waals surface area contributed by atoms with E-state index in [1.54, 1.807) is 0 Å². The standard InChI is InChI=1S/C8H14N4O2/c1-3-13-7-9-5-6(10-7)12-8(11-5)14-4-2/h5-6H,3-4H2,1-2H3,(H,9,10)(H,11,12). The molecule has 0 saturated carbocycles. The SMILES string of the molecule is CCOC1=NC2N=C(OCC)NC2N1. The Labute approximate surface area is 82.4 Å². The predicted molar refractivity (Wildman–Crippen MR) is 52.0 cm³/mol. The average molecular weight is 198 g/mol. The highest BCUT2D eigenvalue weighted by atomic mass is 16.5. The second kappa shape index (κ2) is 3.73. The van der Waals surface area contributed by atoms with Gasteiger partial charge in [-0.15, -0.1) is 0 Å². The number of amidine groups is 2. The number of nitrogens with one attached hydrogen (secondary N) is 2. The van der Waals surface area contributed by atoms with Crippen LogP contribution in [0.25, 0.3) is 0 Å². The Hall–Kier alpha value is -1.46. The molecular formula is C8H14N4O2. The summed E-state index contributed by atoms with van der Waals surface area (Å²) in [7, 11) is 0. The molecule has 14 heavy (non-hydrogen) atoms. The molecule has 2 N–H and O–H groups in total. The normalized spacial score (nSPS) is 28.4. The van der Waals surface area contributed by atoms with Crippen molar-refractivity contribution < 1.29 is 9.47 Å². The molecule has 0 fully saturated rings. The Morgan fingerprint density at radius 2 is 1.57 bits per heavy atom. The Bertz CT molecular complexity index is 251. The van der Waals surface area contributed by atoms with Crippen LogP contribution in [0.2, 0.25) is 0 Å². The van der Waals surface area contributed by atoms with E-state index in [0.29, 0.717) is 25.3 Å². The molecule has 0 bridgehead atoms. The van der Waals surface area contributed by atoms with E-state index in [1.807, 2.05) is 13.8 Å². The number of ether oxygens (including phenoxy) is 2. The van der Waals surface area contributed by atoms with E-state index < -0.39 is 0 Å². The van der Waals surface area contributed by atoms with E-state index in [-0.39, 0.29) is 12.3 Å². The van der Waals surface area contributed by atoms with Gasteiger partial charge in [-0.2, -0.15) is 0 Å². The number of hydrogen-bond acceptors (Lipinski definition) is 6. The van der Waals surface area contributed by atoms with Gasteiger partial charge in [0, 0.05) is 0 Å². The first kappa shape index (κ1) is 9.11. The van der Waals surface area contributed by atoms with Crippen LogP contribution in [0.4, 0.5) is 0 Å². The van der Waals surface area contributed by atoms with Crippen LogP contribution in [-0.4, -0.2) is 37.6 Å². The molecule has 0 atom stereocenters. The summed E-state index contributed by atoms with van der Waals surface area (Å²) in [6, 6.07) is 1.10. The molecule has 0 amide bonds. The zero-order valence-corrected chi connectivity index (χ0v) is 8.28. The molecular weight excluding hydrogens is 184 g/mol. The fourth-order valence-corrected chi connectivity index (χ4v) is 1.38. The first-order valence-electron chi connectivity index (χ1n) is 4.77. The topological polar surface area (TPSA) is 67.2 Å².